The van der Waals surface area contributed by atoms with Crippen LogP contribution in [-0.2, 0) is 4.79 Å². The summed E-state index contributed by atoms with van der Waals surface area (Å²) in [5.41, 5.74) is 2.92. The van der Waals surface area contributed by atoms with E-state index in [0.29, 0.717) is 11.1 Å². The molecule has 0 amide bonds. The Morgan fingerprint density at radius 3 is 2.23 bits per heavy atom. The van der Waals surface area contributed by atoms with Crippen molar-refractivity contribution >= 4 is 12.0 Å². The Bertz CT molecular complexity index is 685. The summed E-state index contributed by atoms with van der Waals surface area (Å²) in [5.74, 6) is 0.193. The van der Waals surface area contributed by atoms with Gasteiger partial charge in [0.15, 0.2) is 0 Å². The molecule has 1 aromatic rings. The van der Waals surface area contributed by atoms with Gasteiger partial charge in [-0.25, -0.2) is 9.18 Å². The average molecular weight is 304 g/mol. The topological polar surface area (TPSA) is 50.4 Å². The van der Waals surface area contributed by atoms with Crippen molar-refractivity contribution in [2.45, 2.75) is 34.6 Å². The number of carboxylic acids is 1. The molecule has 0 fully saturated rings. The lowest BCUT2D eigenvalue weighted by Crippen LogP contribution is -1.88. The number of carbonyl (C=O) groups is 1. The van der Waals surface area contributed by atoms with Gasteiger partial charge in [-0.15, -0.1) is 0 Å². The van der Waals surface area contributed by atoms with Crippen molar-refractivity contribution in [2.75, 3.05) is 0 Å². The van der Waals surface area contributed by atoms with Gasteiger partial charge in [-0.05, 0) is 57.4 Å². The highest BCUT2D eigenvalue weighted by Gasteiger charge is 2.07. The maximum Gasteiger partial charge on any atom is 0.328 e. The normalized spacial score (nSPS) is 14.0. The Hall–Kier alpha value is -2.36. The van der Waals surface area contributed by atoms with Crippen molar-refractivity contribution in [1.29, 1.82) is 0 Å². The lowest BCUT2D eigenvalue weighted by molar-refractivity contribution is -0.131. The highest BCUT2D eigenvalue weighted by atomic mass is 19.1. The molecule has 0 radical (unpaired) electrons. The molecule has 1 heterocycles. The molecule has 0 bridgehead atoms. The quantitative estimate of drug-likeness (QED) is 0.612. The van der Waals surface area contributed by atoms with Crippen molar-refractivity contribution in [2.24, 2.45) is 0 Å². The van der Waals surface area contributed by atoms with Crippen LogP contribution in [0.1, 0.15) is 36.5 Å². The van der Waals surface area contributed by atoms with Gasteiger partial charge in [0.1, 0.15) is 17.3 Å². The van der Waals surface area contributed by atoms with Crippen LogP contribution in [0, 0.1) is 20.8 Å². The van der Waals surface area contributed by atoms with E-state index in [1.807, 2.05) is 26.8 Å². The molecule has 3 nitrogen and oxygen atoms in total. The van der Waals surface area contributed by atoms with Crippen LogP contribution < -0.4 is 0 Å². The molecule has 0 saturated heterocycles. The Morgan fingerprint density at radius 2 is 1.73 bits per heavy atom. The Balaban J connectivity index is 2.94. The van der Waals surface area contributed by atoms with E-state index in [1.54, 1.807) is 19.9 Å². The van der Waals surface area contributed by atoms with Crippen LogP contribution in [0.3, 0.4) is 0 Å². The molecular weight excluding hydrogens is 283 g/mol. The Labute approximate surface area is 130 Å². The Kier molecular flexibility index (Phi) is 6.11. The monoisotopic (exact) mass is 304 g/mol. The fourth-order valence-corrected chi connectivity index (χ4v) is 1.92. The number of aliphatic carboxylic acids is 1. The van der Waals surface area contributed by atoms with Gasteiger partial charge in [-0.3, -0.25) is 0 Å². The molecule has 22 heavy (non-hydrogen) atoms. The minimum Gasteiger partial charge on any atom is -0.478 e. The van der Waals surface area contributed by atoms with Gasteiger partial charge < -0.3 is 9.52 Å². The second-order valence-corrected chi connectivity index (χ2v) is 5.18. The van der Waals surface area contributed by atoms with Crippen LogP contribution in [0.15, 0.2) is 45.7 Å². The van der Waals surface area contributed by atoms with Gasteiger partial charge in [-0.1, -0.05) is 18.2 Å². The lowest BCUT2D eigenvalue weighted by Gasteiger charge is -1.96. The number of hydrogen-bond acceptors (Lipinski definition) is 2. The van der Waals surface area contributed by atoms with E-state index in [9.17, 15) is 9.18 Å². The average Bonchev–Trinajstić information content (AvgIpc) is 2.66. The van der Waals surface area contributed by atoms with E-state index in [-0.39, 0.29) is 0 Å². The van der Waals surface area contributed by atoms with E-state index in [4.69, 9.17) is 9.52 Å². The first kappa shape index (κ1) is 17.7. The van der Waals surface area contributed by atoms with Crippen molar-refractivity contribution in [3.63, 3.8) is 0 Å². The van der Waals surface area contributed by atoms with Gasteiger partial charge in [0.05, 0.1) is 0 Å². The summed E-state index contributed by atoms with van der Waals surface area (Å²) >= 11 is 0. The summed E-state index contributed by atoms with van der Waals surface area (Å²) in [6.07, 6.45) is 7.22. The van der Waals surface area contributed by atoms with Crippen molar-refractivity contribution in [3.05, 3.63) is 63.9 Å². The zero-order chi connectivity index (χ0) is 16.9. The van der Waals surface area contributed by atoms with E-state index < -0.39 is 11.8 Å². The molecule has 0 saturated carbocycles. The summed E-state index contributed by atoms with van der Waals surface area (Å²) in [6, 6.07) is 0. The number of halogens is 1. The molecule has 0 aliphatic rings. The smallest absolute Gasteiger partial charge is 0.328 e. The van der Waals surface area contributed by atoms with Crippen LogP contribution in [0.25, 0.3) is 6.08 Å². The van der Waals surface area contributed by atoms with Gasteiger partial charge in [0.2, 0.25) is 0 Å². The number of aryl methyl sites for hydroxylation is 2. The van der Waals surface area contributed by atoms with Crippen LogP contribution in [-0.4, -0.2) is 11.1 Å². The van der Waals surface area contributed by atoms with Crippen molar-refractivity contribution < 1.29 is 18.7 Å². The van der Waals surface area contributed by atoms with E-state index >= 15 is 0 Å². The predicted molar refractivity (Wildman–Crippen MR) is 86.3 cm³/mol. The van der Waals surface area contributed by atoms with Crippen molar-refractivity contribution in [1.82, 2.24) is 0 Å². The highest BCUT2D eigenvalue weighted by molar-refractivity contribution is 5.81. The first-order valence-electron chi connectivity index (χ1n) is 6.92. The molecule has 1 aromatic heterocycles. The third kappa shape index (κ3) is 4.88. The standard InChI is InChI=1S/C18H21FO3/c1-11(10-18(20)21)6-9-17(19)12(2)7-8-16-13(3)14(4)22-15(16)5/h6-10H,1-5H3,(H,20,21)/b8-7+,9-6+,11-10+,17-12+. The number of furan rings is 1. The van der Waals surface area contributed by atoms with Crippen LogP contribution in [0.5, 0.6) is 0 Å². The molecule has 118 valence electrons. The predicted octanol–water partition coefficient (Wildman–Crippen LogP) is 5.05. The number of rotatable bonds is 5. The molecule has 0 aliphatic carbocycles. The van der Waals surface area contributed by atoms with Crippen LogP contribution >= 0.6 is 0 Å². The summed E-state index contributed by atoms with van der Waals surface area (Å²) in [7, 11) is 0. The van der Waals surface area contributed by atoms with Crippen molar-refractivity contribution in [3.8, 4) is 0 Å². The summed E-state index contributed by atoms with van der Waals surface area (Å²) in [5, 5.41) is 8.59. The van der Waals surface area contributed by atoms with Gasteiger partial charge in [-0.2, -0.15) is 0 Å². The van der Waals surface area contributed by atoms with E-state index in [0.717, 1.165) is 28.7 Å². The van der Waals surface area contributed by atoms with Gasteiger partial charge >= 0.3 is 5.97 Å². The molecule has 4 heteroatoms. The third-order valence-electron chi connectivity index (χ3n) is 3.34. The fraction of sp³-hybridized carbons (Fsp3) is 0.278. The summed E-state index contributed by atoms with van der Waals surface area (Å²) in [4.78, 5) is 10.5. The van der Waals surface area contributed by atoms with Crippen LogP contribution in [0.2, 0.25) is 0 Å². The maximum atomic E-state index is 13.9. The molecule has 1 rings (SSSR count). The lowest BCUT2D eigenvalue weighted by atomic mass is 10.1. The third-order valence-corrected chi connectivity index (χ3v) is 3.34. The number of allylic oxidation sites excluding steroid dienone is 6. The molecule has 0 aromatic carbocycles. The maximum absolute atomic E-state index is 13.9. The Morgan fingerprint density at radius 1 is 1.09 bits per heavy atom. The molecule has 0 aliphatic heterocycles. The zero-order valence-corrected chi connectivity index (χ0v) is 13.5. The largest absolute Gasteiger partial charge is 0.478 e. The second kappa shape index (κ2) is 7.59. The second-order valence-electron chi connectivity index (χ2n) is 5.18. The first-order chi connectivity index (χ1) is 10.2. The number of carboxylic acid groups (broad SMARTS) is 1. The molecule has 0 unspecified atom stereocenters. The molecule has 0 spiro atoms. The van der Waals surface area contributed by atoms with Gasteiger partial charge in [0.25, 0.3) is 0 Å². The molecule has 1 N–H and O–H groups in total. The number of hydrogen-bond donors (Lipinski definition) is 1. The summed E-state index contributed by atoms with van der Waals surface area (Å²) < 4.78 is 19.5. The fourth-order valence-electron chi connectivity index (χ4n) is 1.92. The van der Waals surface area contributed by atoms with Gasteiger partial charge in [0, 0.05) is 11.6 Å². The van der Waals surface area contributed by atoms with Crippen LogP contribution in [0.4, 0.5) is 4.39 Å². The van der Waals surface area contributed by atoms with E-state index in [1.165, 1.54) is 12.2 Å². The van der Waals surface area contributed by atoms with E-state index in [2.05, 4.69) is 0 Å². The SMILES string of the molecule is CC(/C=C/C(F)=C(C)\C=C\c1c(C)oc(C)c1C)=C\C(=O)O. The minimum absolute atomic E-state index is 0.412. The molecule has 0 atom stereocenters. The minimum atomic E-state index is -1.05. The zero-order valence-electron chi connectivity index (χ0n) is 13.5. The first-order valence-corrected chi connectivity index (χ1v) is 6.92. The molecular formula is C18H21FO3. The summed E-state index contributed by atoms with van der Waals surface area (Å²) in [6.45, 7) is 8.98. The highest BCUT2D eigenvalue weighted by Crippen LogP contribution is 2.23.